The summed E-state index contributed by atoms with van der Waals surface area (Å²) < 4.78 is 77.8. The van der Waals surface area contributed by atoms with Crippen molar-refractivity contribution >= 4 is 27.3 Å². The van der Waals surface area contributed by atoms with Crippen LogP contribution in [0.15, 0.2) is 57.2 Å². The molecule has 0 spiro atoms. The third-order valence-corrected chi connectivity index (χ3v) is 7.02. The summed E-state index contributed by atoms with van der Waals surface area (Å²) in [5, 5.41) is 14.6. The van der Waals surface area contributed by atoms with Gasteiger partial charge in [-0.15, -0.1) is 11.8 Å². The van der Waals surface area contributed by atoms with Crippen LogP contribution in [0.3, 0.4) is 0 Å². The number of hydrogen-bond acceptors (Lipinski definition) is 6. The van der Waals surface area contributed by atoms with Gasteiger partial charge in [0.05, 0.1) is 22.0 Å². The van der Waals surface area contributed by atoms with Crippen molar-refractivity contribution in [1.29, 1.82) is 0 Å². The highest BCUT2D eigenvalue weighted by Crippen LogP contribution is 2.31. The fraction of sp³-hybridized carbons (Fsp3) is 0.368. The van der Waals surface area contributed by atoms with Crippen molar-refractivity contribution in [3.05, 3.63) is 48.3 Å². The number of nitrogens with one attached hydrogen (secondary N) is 2. The fourth-order valence-electron chi connectivity index (χ4n) is 2.30. The molecule has 0 fully saturated rings. The van der Waals surface area contributed by atoms with Gasteiger partial charge in [0.15, 0.2) is 5.60 Å². The third kappa shape index (κ3) is 5.87. The van der Waals surface area contributed by atoms with Crippen molar-refractivity contribution in [2.45, 2.75) is 33.4 Å². The Kier molecular flexibility index (Phi) is 7.78. The minimum Gasteiger partial charge on any atom is -0.379 e. The molecule has 0 aromatic heterocycles. The predicted octanol–water partition coefficient (Wildman–Crippen LogP) is 3.70. The maximum absolute atomic E-state index is 14.3. The van der Waals surface area contributed by atoms with Crippen LogP contribution in [0, 0.1) is 5.82 Å². The molecule has 30 heavy (non-hydrogen) atoms. The maximum atomic E-state index is 14.3. The number of benzene rings is 2. The van der Waals surface area contributed by atoms with Crippen LogP contribution >= 0.6 is 11.8 Å². The van der Waals surface area contributed by atoms with Crippen LogP contribution < -0.4 is 10.6 Å². The van der Waals surface area contributed by atoms with Gasteiger partial charge in [-0.05, 0) is 56.4 Å². The summed E-state index contributed by atoms with van der Waals surface area (Å²) in [6.45, 7) is 0.354. The number of alkyl halides is 3. The summed E-state index contributed by atoms with van der Waals surface area (Å²) in [5.74, 6) is -0.239. The molecule has 3 N–H and O–H groups in total. The lowest BCUT2D eigenvalue weighted by molar-refractivity contribution is -0.246. The second kappa shape index (κ2) is 9.54. The van der Waals surface area contributed by atoms with Crippen molar-refractivity contribution in [2.24, 2.45) is 0 Å². The summed E-state index contributed by atoms with van der Waals surface area (Å²) >= 11 is 1.55. The predicted molar refractivity (Wildman–Crippen MR) is 108 cm³/mol. The van der Waals surface area contributed by atoms with E-state index < -0.39 is 34.0 Å². The molecule has 0 bridgehead atoms. The van der Waals surface area contributed by atoms with Gasteiger partial charge in [-0.3, -0.25) is 0 Å². The van der Waals surface area contributed by atoms with E-state index in [0.717, 1.165) is 35.4 Å². The van der Waals surface area contributed by atoms with Crippen LogP contribution in [0.1, 0.15) is 6.92 Å². The Labute approximate surface area is 176 Å². The molecule has 0 aliphatic carbocycles. The van der Waals surface area contributed by atoms with E-state index in [2.05, 4.69) is 10.6 Å². The second-order valence-corrected chi connectivity index (χ2v) is 9.81. The number of rotatable bonds is 9. The minimum absolute atomic E-state index is 0.0272. The zero-order chi connectivity index (χ0) is 22.6. The molecule has 0 heterocycles. The van der Waals surface area contributed by atoms with Gasteiger partial charge in [0.2, 0.25) is 9.84 Å². The standard InChI is InChI=1S/C19H22F4N2O3S2/c1-18(26,19(21,22)23)12-25-17-8-7-15(11-16(17)20)30(27,28)14-5-3-13(4-6-14)29-10-9-24-2/h3-8,11,24-26H,9-10,12H2,1-2H3/t18-/m1/s1. The topological polar surface area (TPSA) is 78.4 Å². The van der Waals surface area contributed by atoms with Crippen LogP contribution in [0.4, 0.5) is 23.2 Å². The Morgan fingerprint density at radius 3 is 2.20 bits per heavy atom. The molecule has 0 unspecified atom stereocenters. The van der Waals surface area contributed by atoms with Gasteiger partial charge in [-0.1, -0.05) is 0 Å². The van der Waals surface area contributed by atoms with E-state index in [1.165, 1.54) is 12.1 Å². The molecular formula is C19H22F4N2O3S2. The average molecular weight is 467 g/mol. The normalized spacial score (nSPS) is 14.4. The van der Waals surface area contributed by atoms with Crippen LogP contribution in [0.2, 0.25) is 0 Å². The number of hydrogen-bond donors (Lipinski definition) is 3. The average Bonchev–Trinajstić information content (AvgIpc) is 2.66. The van der Waals surface area contributed by atoms with Gasteiger partial charge in [0.1, 0.15) is 5.82 Å². The van der Waals surface area contributed by atoms with Gasteiger partial charge in [0, 0.05) is 17.2 Å². The molecule has 0 aliphatic rings. The molecule has 2 aromatic carbocycles. The number of sulfone groups is 1. The van der Waals surface area contributed by atoms with E-state index in [0.29, 0.717) is 6.92 Å². The van der Waals surface area contributed by atoms with Crippen molar-refractivity contribution in [2.75, 3.05) is 31.2 Å². The number of halogens is 4. The van der Waals surface area contributed by atoms with Crippen LogP contribution in [0.25, 0.3) is 0 Å². The van der Waals surface area contributed by atoms with Gasteiger partial charge in [0.25, 0.3) is 0 Å². The molecule has 1 atom stereocenters. The highest BCUT2D eigenvalue weighted by molar-refractivity contribution is 7.99. The molecule has 2 aromatic rings. The van der Waals surface area contributed by atoms with Gasteiger partial charge >= 0.3 is 6.18 Å². The molecule has 5 nitrogen and oxygen atoms in total. The van der Waals surface area contributed by atoms with E-state index in [9.17, 15) is 31.1 Å². The van der Waals surface area contributed by atoms with E-state index in [4.69, 9.17) is 0 Å². The Morgan fingerprint density at radius 1 is 1.07 bits per heavy atom. The number of thioether (sulfide) groups is 1. The van der Waals surface area contributed by atoms with Crippen LogP contribution in [-0.4, -0.2) is 51.2 Å². The largest absolute Gasteiger partial charge is 0.418 e. The van der Waals surface area contributed by atoms with Gasteiger partial charge in [-0.25, -0.2) is 12.8 Å². The SMILES string of the molecule is CNCCSc1ccc(S(=O)(=O)c2ccc(NC[C@@](C)(O)C(F)(F)F)c(F)c2)cc1. The highest BCUT2D eigenvalue weighted by Gasteiger charge is 2.49. The van der Waals surface area contributed by atoms with Crippen molar-refractivity contribution in [3.63, 3.8) is 0 Å². The second-order valence-electron chi connectivity index (χ2n) is 6.69. The minimum atomic E-state index is -4.91. The molecule has 0 saturated carbocycles. The number of aliphatic hydroxyl groups is 1. The molecule has 166 valence electrons. The van der Waals surface area contributed by atoms with E-state index in [-0.39, 0.29) is 15.5 Å². The number of anilines is 1. The Hall–Kier alpha value is -1.82. The summed E-state index contributed by atoms with van der Waals surface area (Å²) in [5.41, 5.74) is -3.42. The Bertz CT molecular complexity index is 963. The monoisotopic (exact) mass is 466 g/mol. The van der Waals surface area contributed by atoms with E-state index in [1.807, 2.05) is 7.05 Å². The lowest BCUT2D eigenvalue weighted by atomic mass is 10.1. The third-order valence-electron chi connectivity index (χ3n) is 4.24. The highest BCUT2D eigenvalue weighted by atomic mass is 32.2. The summed E-state index contributed by atoms with van der Waals surface area (Å²) in [6.07, 6.45) is -4.91. The molecule has 2 rings (SSSR count). The zero-order valence-corrected chi connectivity index (χ0v) is 17.9. The lowest BCUT2D eigenvalue weighted by Gasteiger charge is -2.26. The van der Waals surface area contributed by atoms with E-state index >= 15 is 0 Å². The van der Waals surface area contributed by atoms with E-state index in [1.54, 1.807) is 23.9 Å². The molecule has 0 aliphatic heterocycles. The maximum Gasteiger partial charge on any atom is 0.418 e. The Balaban J connectivity index is 2.16. The zero-order valence-electron chi connectivity index (χ0n) is 16.3. The van der Waals surface area contributed by atoms with Gasteiger partial charge < -0.3 is 15.7 Å². The molecular weight excluding hydrogens is 444 g/mol. The first-order chi connectivity index (χ1) is 13.9. The summed E-state index contributed by atoms with van der Waals surface area (Å²) in [7, 11) is -2.18. The lowest BCUT2D eigenvalue weighted by Crippen LogP contribution is -2.47. The van der Waals surface area contributed by atoms with Crippen LogP contribution in [-0.2, 0) is 9.84 Å². The summed E-state index contributed by atoms with van der Waals surface area (Å²) in [6, 6.07) is 8.99. The fourth-order valence-corrected chi connectivity index (χ4v) is 4.44. The molecule has 0 saturated heterocycles. The Morgan fingerprint density at radius 2 is 1.67 bits per heavy atom. The summed E-state index contributed by atoms with van der Waals surface area (Å²) in [4.78, 5) is 0.524. The quantitative estimate of drug-likeness (QED) is 0.297. The van der Waals surface area contributed by atoms with Crippen molar-refractivity contribution in [1.82, 2.24) is 5.32 Å². The smallest absolute Gasteiger partial charge is 0.379 e. The van der Waals surface area contributed by atoms with Crippen LogP contribution in [0.5, 0.6) is 0 Å². The van der Waals surface area contributed by atoms with Crippen molar-refractivity contribution in [3.8, 4) is 0 Å². The van der Waals surface area contributed by atoms with Gasteiger partial charge in [-0.2, -0.15) is 13.2 Å². The molecule has 0 radical (unpaired) electrons. The van der Waals surface area contributed by atoms with Crippen molar-refractivity contribution < 1.29 is 31.1 Å². The first-order valence-electron chi connectivity index (χ1n) is 8.83. The molecule has 0 amide bonds. The molecule has 11 heteroatoms. The first kappa shape index (κ1) is 24.4. The first-order valence-corrected chi connectivity index (χ1v) is 11.3.